The zero-order valence-corrected chi connectivity index (χ0v) is 14.5. The molecule has 0 aliphatic carbocycles. The standard InChI is InChI=1S/C18H15BrN2O3/c1-11(17(22)21-13-8-6-12(19)7-9-13)24-18(23)15-10-20-16-5-3-2-4-14(15)16/h2-11,20H,1H3,(H,21,22)/t11-/m1/s1. The van der Waals surface area contributed by atoms with Gasteiger partial charge in [-0.2, -0.15) is 0 Å². The number of nitrogens with one attached hydrogen (secondary N) is 2. The Hall–Kier alpha value is -2.60. The molecule has 0 fully saturated rings. The maximum absolute atomic E-state index is 12.3. The number of anilines is 1. The Labute approximate surface area is 147 Å². The molecule has 0 aliphatic rings. The highest BCUT2D eigenvalue weighted by atomic mass is 79.9. The summed E-state index contributed by atoms with van der Waals surface area (Å²) in [6.45, 7) is 1.54. The van der Waals surface area contributed by atoms with Gasteiger partial charge in [0.25, 0.3) is 5.91 Å². The van der Waals surface area contributed by atoms with Crippen LogP contribution in [0.2, 0.25) is 0 Å². The summed E-state index contributed by atoms with van der Waals surface area (Å²) >= 11 is 3.33. The molecule has 2 aromatic carbocycles. The number of halogens is 1. The molecule has 0 saturated carbocycles. The van der Waals surface area contributed by atoms with Gasteiger partial charge in [-0.25, -0.2) is 4.79 Å². The number of carbonyl (C=O) groups excluding carboxylic acids is 2. The summed E-state index contributed by atoms with van der Waals surface area (Å²) in [5.41, 5.74) is 1.89. The number of amides is 1. The van der Waals surface area contributed by atoms with Crippen molar-refractivity contribution < 1.29 is 14.3 Å². The SMILES string of the molecule is C[C@@H](OC(=O)c1c[nH]c2ccccc12)C(=O)Nc1ccc(Br)cc1. The highest BCUT2D eigenvalue weighted by Crippen LogP contribution is 2.19. The summed E-state index contributed by atoms with van der Waals surface area (Å²) in [5.74, 6) is -0.920. The van der Waals surface area contributed by atoms with Gasteiger partial charge in [0.05, 0.1) is 5.56 Å². The fraction of sp³-hybridized carbons (Fsp3) is 0.111. The molecule has 24 heavy (non-hydrogen) atoms. The molecule has 122 valence electrons. The number of hydrogen-bond acceptors (Lipinski definition) is 3. The average Bonchev–Trinajstić information content (AvgIpc) is 3.01. The third kappa shape index (κ3) is 3.49. The minimum atomic E-state index is -0.908. The second-order valence-corrected chi connectivity index (χ2v) is 6.21. The number of H-pyrrole nitrogens is 1. The highest BCUT2D eigenvalue weighted by molar-refractivity contribution is 9.10. The van der Waals surface area contributed by atoms with Crippen molar-refractivity contribution in [2.45, 2.75) is 13.0 Å². The molecule has 1 amide bonds. The lowest BCUT2D eigenvalue weighted by molar-refractivity contribution is -0.123. The van der Waals surface area contributed by atoms with E-state index in [1.165, 1.54) is 0 Å². The molecule has 6 heteroatoms. The van der Waals surface area contributed by atoms with Crippen molar-refractivity contribution in [3.05, 3.63) is 64.8 Å². The lowest BCUT2D eigenvalue weighted by Gasteiger charge is -2.13. The zero-order chi connectivity index (χ0) is 17.1. The maximum Gasteiger partial charge on any atom is 0.341 e. The fourth-order valence-electron chi connectivity index (χ4n) is 2.30. The average molecular weight is 387 g/mol. The van der Waals surface area contributed by atoms with Gasteiger partial charge in [-0.05, 0) is 37.3 Å². The number of aromatic nitrogens is 1. The first kappa shape index (κ1) is 16.3. The van der Waals surface area contributed by atoms with Crippen LogP contribution >= 0.6 is 15.9 Å². The number of hydrogen-bond donors (Lipinski definition) is 2. The number of rotatable bonds is 4. The van der Waals surface area contributed by atoms with Gasteiger partial charge >= 0.3 is 5.97 Å². The minimum absolute atomic E-state index is 0.384. The van der Waals surface area contributed by atoms with Crippen molar-refractivity contribution in [2.24, 2.45) is 0 Å². The van der Waals surface area contributed by atoms with E-state index in [0.717, 1.165) is 15.4 Å². The zero-order valence-electron chi connectivity index (χ0n) is 12.9. The van der Waals surface area contributed by atoms with E-state index < -0.39 is 12.1 Å². The molecule has 0 bridgehead atoms. The molecule has 2 N–H and O–H groups in total. The van der Waals surface area contributed by atoms with Crippen LogP contribution in [0.3, 0.4) is 0 Å². The molecule has 3 aromatic rings. The van der Waals surface area contributed by atoms with E-state index in [0.29, 0.717) is 11.3 Å². The number of esters is 1. The Kier molecular flexibility index (Phi) is 4.66. The second kappa shape index (κ2) is 6.88. The quantitative estimate of drug-likeness (QED) is 0.662. The summed E-state index contributed by atoms with van der Waals surface area (Å²) in [6.07, 6.45) is 0.682. The monoisotopic (exact) mass is 386 g/mol. The van der Waals surface area contributed by atoms with Gasteiger partial charge in [-0.1, -0.05) is 34.1 Å². The van der Waals surface area contributed by atoms with Crippen LogP contribution < -0.4 is 5.32 Å². The lowest BCUT2D eigenvalue weighted by atomic mass is 10.2. The molecule has 5 nitrogen and oxygen atoms in total. The van der Waals surface area contributed by atoms with Gasteiger partial charge in [-0.15, -0.1) is 0 Å². The Morgan fingerprint density at radius 3 is 2.58 bits per heavy atom. The van der Waals surface area contributed by atoms with Crippen LogP contribution in [0.4, 0.5) is 5.69 Å². The Morgan fingerprint density at radius 1 is 1.12 bits per heavy atom. The van der Waals surface area contributed by atoms with E-state index >= 15 is 0 Å². The van der Waals surface area contributed by atoms with Crippen molar-refractivity contribution in [1.82, 2.24) is 4.98 Å². The number of ether oxygens (including phenoxy) is 1. The van der Waals surface area contributed by atoms with Crippen LogP contribution in [0, 0.1) is 0 Å². The smallest absolute Gasteiger partial charge is 0.341 e. The third-order valence-electron chi connectivity index (χ3n) is 3.57. The second-order valence-electron chi connectivity index (χ2n) is 5.29. The molecule has 0 spiro atoms. The molecule has 0 saturated heterocycles. The van der Waals surface area contributed by atoms with Crippen LogP contribution in [0.5, 0.6) is 0 Å². The number of benzene rings is 2. The number of carbonyl (C=O) groups is 2. The molecule has 3 rings (SSSR count). The molecular weight excluding hydrogens is 372 g/mol. The molecule has 1 atom stereocenters. The summed E-state index contributed by atoms with van der Waals surface area (Å²) < 4.78 is 6.20. The van der Waals surface area contributed by atoms with Gasteiger partial charge < -0.3 is 15.0 Å². The largest absolute Gasteiger partial charge is 0.449 e. The van der Waals surface area contributed by atoms with Crippen molar-refractivity contribution >= 4 is 44.4 Å². The van der Waals surface area contributed by atoms with Gasteiger partial charge in [-0.3, -0.25) is 4.79 Å². The first-order valence-corrected chi connectivity index (χ1v) is 8.17. The summed E-state index contributed by atoms with van der Waals surface area (Å²) in [4.78, 5) is 27.5. The van der Waals surface area contributed by atoms with Crippen LogP contribution in [0.1, 0.15) is 17.3 Å². The third-order valence-corrected chi connectivity index (χ3v) is 4.10. The molecule has 1 heterocycles. The van der Waals surface area contributed by atoms with Crippen molar-refractivity contribution in [1.29, 1.82) is 0 Å². The van der Waals surface area contributed by atoms with Crippen LogP contribution in [-0.2, 0) is 9.53 Å². The van der Waals surface area contributed by atoms with Gasteiger partial charge in [0.15, 0.2) is 6.10 Å². The summed E-state index contributed by atoms with van der Waals surface area (Å²) in [5, 5.41) is 3.48. The van der Waals surface area contributed by atoms with E-state index in [1.807, 2.05) is 36.4 Å². The first-order valence-electron chi connectivity index (χ1n) is 7.38. The first-order chi connectivity index (χ1) is 11.5. The Bertz CT molecular complexity index is 887. The topological polar surface area (TPSA) is 71.2 Å². The summed E-state index contributed by atoms with van der Waals surface area (Å²) in [6, 6.07) is 14.6. The van der Waals surface area contributed by atoms with Crippen LogP contribution in [0.25, 0.3) is 10.9 Å². The Balaban J connectivity index is 1.67. The molecule has 0 radical (unpaired) electrons. The normalized spacial score (nSPS) is 11.9. The highest BCUT2D eigenvalue weighted by Gasteiger charge is 2.21. The summed E-state index contributed by atoms with van der Waals surface area (Å²) in [7, 11) is 0. The van der Waals surface area contributed by atoms with Gasteiger partial charge in [0.1, 0.15) is 0 Å². The predicted octanol–water partition coefficient (Wildman–Crippen LogP) is 4.11. The van der Waals surface area contributed by atoms with Crippen molar-refractivity contribution in [2.75, 3.05) is 5.32 Å². The van der Waals surface area contributed by atoms with Crippen molar-refractivity contribution in [3.63, 3.8) is 0 Å². The maximum atomic E-state index is 12.3. The lowest BCUT2D eigenvalue weighted by Crippen LogP contribution is -2.29. The minimum Gasteiger partial charge on any atom is -0.449 e. The van der Waals surface area contributed by atoms with E-state index in [9.17, 15) is 9.59 Å². The van der Waals surface area contributed by atoms with E-state index in [4.69, 9.17) is 4.74 Å². The Morgan fingerprint density at radius 2 is 1.83 bits per heavy atom. The van der Waals surface area contributed by atoms with E-state index in [-0.39, 0.29) is 5.91 Å². The molecular formula is C18H15BrN2O3. The van der Waals surface area contributed by atoms with E-state index in [2.05, 4.69) is 26.2 Å². The van der Waals surface area contributed by atoms with Crippen LogP contribution in [0.15, 0.2) is 59.2 Å². The molecule has 0 aliphatic heterocycles. The number of fused-ring (bicyclic) bond motifs is 1. The predicted molar refractivity (Wildman–Crippen MR) is 95.9 cm³/mol. The molecule has 0 unspecified atom stereocenters. The molecule has 1 aromatic heterocycles. The number of aromatic amines is 1. The van der Waals surface area contributed by atoms with Crippen LogP contribution in [-0.4, -0.2) is 23.0 Å². The van der Waals surface area contributed by atoms with E-state index in [1.54, 1.807) is 25.3 Å². The van der Waals surface area contributed by atoms with Gasteiger partial charge in [0.2, 0.25) is 0 Å². The van der Waals surface area contributed by atoms with Gasteiger partial charge in [0, 0.05) is 27.3 Å². The van der Waals surface area contributed by atoms with Crippen molar-refractivity contribution in [3.8, 4) is 0 Å². The fourth-order valence-corrected chi connectivity index (χ4v) is 2.56. The number of para-hydroxylation sites is 1.